The molecule has 2 atom stereocenters. The lowest BCUT2D eigenvalue weighted by molar-refractivity contribution is 0.0343. The van der Waals surface area contributed by atoms with Crippen LogP contribution in [0.15, 0.2) is 29.4 Å². The van der Waals surface area contributed by atoms with Crippen molar-refractivity contribution in [3.63, 3.8) is 0 Å². The molecule has 25 heavy (non-hydrogen) atoms. The van der Waals surface area contributed by atoms with Gasteiger partial charge in [-0.3, -0.25) is 0 Å². The lowest BCUT2D eigenvalue weighted by atomic mass is 9.84. The Hall–Kier alpha value is -1.82. The minimum absolute atomic E-state index is 0.401. The summed E-state index contributed by atoms with van der Waals surface area (Å²) in [6.45, 7) is 4.45. The van der Waals surface area contributed by atoms with Crippen molar-refractivity contribution in [2.45, 2.75) is 56.8 Å². The Balaban J connectivity index is 1.79. The predicted octanol–water partition coefficient (Wildman–Crippen LogP) is 4.75. The van der Waals surface area contributed by atoms with Gasteiger partial charge in [-0.15, -0.1) is 10.2 Å². The minimum atomic E-state index is -0.401. The monoisotopic (exact) mass is 356 g/mol. The molecule has 1 spiro atoms. The molecular formula is C19H24N4OS. The third-order valence-electron chi connectivity index (χ3n) is 4.86. The SMILES string of the molecule is CCCSc1nnc2c(n1)OC1(CCCC(C)C1)Nc1ccccc1-2. The van der Waals surface area contributed by atoms with Crippen molar-refractivity contribution in [3.8, 4) is 17.1 Å². The molecule has 0 amide bonds. The van der Waals surface area contributed by atoms with Crippen LogP contribution in [0.2, 0.25) is 0 Å². The number of para-hydroxylation sites is 1. The summed E-state index contributed by atoms with van der Waals surface area (Å²) in [7, 11) is 0. The van der Waals surface area contributed by atoms with Crippen molar-refractivity contribution < 1.29 is 4.74 Å². The van der Waals surface area contributed by atoms with Crippen LogP contribution < -0.4 is 10.1 Å². The molecule has 132 valence electrons. The van der Waals surface area contributed by atoms with E-state index in [1.807, 2.05) is 12.1 Å². The number of nitrogens with one attached hydrogen (secondary N) is 1. The molecule has 1 N–H and O–H groups in total. The van der Waals surface area contributed by atoms with Crippen LogP contribution in [0, 0.1) is 5.92 Å². The number of nitrogens with zero attached hydrogens (tertiary/aromatic N) is 3. The normalized spacial score (nSPS) is 24.6. The molecule has 5 nitrogen and oxygen atoms in total. The quantitative estimate of drug-likeness (QED) is 0.801. The maximum absolute atomic E-state index is 6.52. The molecule has 1 aliphatic carbocycles. The number of hydrogen-bond donors (Lipinski definition) is 1. The minimum Gasteiger partial charge on any atom is -0.449 e. The van der Waals surface area contributed by atoms with Gasteiger partial charge in [0.1, 0.15) is 0 Å². The zero-order valence-electron chi connectivity index (χ0n) is 14.8. The molecule has 2 aliphatic rings. The predicted molar refractivity (Wildman–Crippen MR) is 101 cm³/mol. The van der Waals surface area contributed by atoms with E-state index < -0.39 is 5.72 Å². The van der Waals surface area contributed by atoms with Crippen LogP contribution in [-0.4, -0.2) is 26.7 Å². The van der Waals surface area contributed by atoms with Gasteiger partial charge >= 0.3 is 0 Å². The van der Waals surface area contributed by atoms with Crippen LogP contribution in [-0.2, 0) is 0 Å². The van der Waals surface area contributed by atoms with Crippen molar-refractivity contribution in [2.24, 2.45) is 5.92 Å². The molecule has 1 aromatic heterocycles. The van der Waals surface area contributed by atoms with E-state index in [-0.39, 0.29) is 0 Å². The van der Waals surface area contributed by atoms with Gasteiger partial charge in [0.2, 0.25) is 11.0 Å². The van der Waals surface area contributed by atoms with E-state index in [1.54, 1.807) is 11.8 Å². The second kappa shape index (κ2) is 6.83. The number of rotatable bonds is 3. The number of aromatic nitrogens is 3. The second-order valence-electron chi connectivity index (χ2n) is 7.07. The third-order valence-corrected chi connectivity index (χ3v) is 5.91. The molecular weight excluding hydrogens is 332 g/mol. The maximum atomic E-state index is 6.52. The van der Waals surface area contributed by atoms with E-state index in [4.69, 9.17) is 9.72 Å². The Morgan fingerprint density at radius 3 is 3.04 bits per heavy atom. The van der Waals surface area contributed by atoms with E-state index in [0.29, 0.717) is 17.0 Å². The summed E-state index contributed by atoms with van der Waals surface area (Å²) in [5.41, 5.74) is 2.40. The molecule has 2 unspecified atom stereocenters. The molecule has 0 bridgehead atoms. The molecule has 1 aliphatic heterocycles. The first-order valence-electron chi connectivity index (χ1n) is 9.13. The molecule has 6 heteroatoms. The average molecular weight is 356 g/mol. The summed E-state index contributed by atoms with van der Waals surface area (Å²) in [6, 6.07) is 8.22. The van der Waals surface area contributed by atoms with Crippen molar-refractivity contribution in [3.05, 3.63) is 24.3 Å². The smallest absolute Gasteiger partial charge is 0.247 e. The van der Waals surface area contributed by atoms with Gasteiger partial charge in [0.25, 0.3) is 0 Å². The van der Waals surface area contributed by atoms with Crippen molar-refractivity contribution >= 4 is 17.4 Å². The number of fused-ring (bicyclic) bond motifs is 3. The number of anilines is 1. The lowest BCUT2D eigenvalue weighted by Crippen LogP contribution is -2.47. The highest BCUT2D eigenvalue weighted by Crippen LogP contribution is 2.44. The van der Waals surface area contributed by atoms with Gasteiger partial charge in [-0.1, -0.05) is 50.2 Å². The molecule has 2 heterocycles. The summed E-state index contributed by atoms with van der Waals surface area (Å²) in [6.07, 6.45) is 5.44. The average Bonchev–Trinajstić information content (AvgIpc) is 2.73. The van der Waals surface area contributed by atoms with Crippen LogP contribution >= 0.6 is 11.8 Å². The maximum Gasteiger partial charge on any atom is 0.247 e. The van der Waals surface area contributed by atoms with E-state index in [0.717, 1.165) is 48.4 Å². The molecule has 0 radical (unpaired) electrons. The summed E-state index contributed by atoms with van der Waals surface area (Å²) in [4.78, 5) is 4.71. The standard InChI is InChI=1S/C19H24N4OS/c1-3-11-25-18-20-17-16(22-23-18)14-8-4-5-9-15(14)21-19(24-17)10-6-7-13(2)12-19/h4-5,8-9,13,21H,3,6-7,10-12H2,1-2H3. The first-order valence-corrected chi connectivity index (χ1v) is 10.1. The molecule has 1 fully saturated rings. The Labute approximate surface area is 153 Å². The Morgan fingerprint density at radius 1 is 1.32 bits per heavy atom. The number of benzene rings is 1. The van der Waals surface area contributed by atoms with Gasteiger partial charge in [-0.2, -0.15) is 4.98 Å². The first-order chi connectivity index (χ1) is 12.2. The third kappa shape index (κ3) is 3.32. The Bertz CT molecular complexity index is 769. The second-order valence-corrected chi connectivity index (χ2v) is 8.13. The highest BCUT2D eigenvalue weighted by Gasteiger charge is 2.41. The largest absolute Gasteiger partial charge is 0.449 e. The number of thioether (sulfide) groups is 1. The fourth-order valence-corrected chi connectivity index (χ4v) is 4.39. The van der Waals surface area contributed by atoms with E-state index in [1.165, 1.54) is 6.42 Å². The Morgan fingerprint density at radius 2 is 2.20 bits per heavy atom. The molecule has 4 rings (SSSR count). The molecule has 1 aromatic carbocycles. The van der Waals surface area contributed by atoms with E-state index in [2.05, 4.69) is 41.5 Å². The van der Waals surface area contributed by atoms with Crippen LogP contribution in [0.4, 0.5) is 5.69 Å². The fraction of sp³-hybridized carbons (Fsp3) is 0.526. The van der Waals surface area contributed by atoms with Crippen LogP contribution in [0.25, 0.3) is 11.3 Å². The highest BCUT2D eigenvalue weighted by molar-refractivity contribution is 7.99. The van der Waals surface area contributed by atoms with Gasteiger partial charge in [-0.05, 0) is 24.8 Å². The number of hydrogen-bond acceptors (Lipinski definition) is 6. The van der Waals surface area contributed by atoms with Gasteiger partial charge in [0, 0.05) is 29.8 Å². The van der Waals surface area contributed by atoms with Gasteiger partial charge in [0.15, 0.2) is 11.4 Å². The van der Waals surface area contributed by atoms with E-state index in [9.17, 15) is 0 Å². The number of ether oxygens (including phenoxy) is 1. The fourth-order valence-electron chi connectivity index (χ4n) is 3.76. The van der Waals surface area contributed by atoms with Gasteiger partial charge in [-0.25, -0.2) is 0 Å². The van der Waals surface area contributed by atoms with E-state index >= 15 is 0 Å². The first kappa shape index (κ1) is 16.6. The summed E-state index contributed by atoms with van der Waals surface area (Å²) in [5.74, 6) is 2.22. The van der Waals surface area contributed by atoms with Crippen LogP contribution in [0.1, 0.15) is 46.0 Å². The highest BCUT2D eigenvalue weighted by atomic mass is 32.2. The lowest BCUT2D eigenvalue weighted by Gasteiger charge is -2.40. The zero-order valence-corrected chi connectivity index (χ0v) is 15.6. The molecule has 2 aromatic rings. The van der Waals surface area contributed by atoms with Crippen molar-refractivity contribution in [1.82, 2.24) is 15.2 Å². The zero-order chi connectivity index (χ0) is 17.3. The topological polar surface area (TPSA) is 59.9 Å². The summed E-state index contributed by atoms with van der Waals surface area (Å²) < 4.78 is 6.52. The molecule has 0 saturated heterocycles. The Kier molecular flexibility index (Phi) is 4.54. The van der Waals surface area contributed by atoms with Crippen LogP contribution in [0.5, 0.6) is 5.88 Å². The van der Waals surface area contributed by atoms with Gasteiger partial charge in [0.05, 0.1) is 0 Å². The molecule has 1 saturated carbocycles. The van der Waals surface area contributed by atoms with Crippen molar-refractivity contribution in [1.29, 1.82) is 0 Å². The van der Waals surface area contributed by atoms with Crippen molar-refractivity contribution in [2.75, 3.05) is 11.1 Å². The summed E-state index contributed by atoms with van der Waals surface area (Å²) in [5, 5.41) is 13.2. The summed E-state index contributed by atoms with van der Waals surface area (Å²) >= 11 is 1.63. The van der Waals surface area contributed by atoms with Crippen LogP contribution in [0.3, 0.4) is 0 Å². The van der Waals surface area contributed by atoms with Gasteiger partial charge < -0.3 is 10.1 Å².